The lowest BCUT2D eigenvalue weighted by atomic mass is 9.97. The van der Waals surface area contributed by atoms with E-state index in [4.69, 9.17) is 0 Å². The number of guanidine groups is 1. The lowest BCUT2D eigenvalue weighted by molar-refractivity contribution is 0.0671. The van der Waals surface area contributed by atoms with Crippen molar-refractivity contribution in [2.24, 2.45) is 18.0 Å². The van der Waals surface area contributed by atoms with Gasteiger partial charge in [-0.2, -0.15) is 5.10 Å². The van der Waals surface area contributed by atoms with E-state index < -0.39 is 5.60 Å². The maximum Gasteiger partial charge on any atom is 0.191 e. The number of aliphatic hydroxyl groups is 1. The molecule has 0 aliphatic carbocycles. The van der Waals surface area contributed by atoms with Crippen molar-refractivity contribution >= 4 is 5.96 Å². The zero-order valence-electron chi connectivity index (χ0n) is 16.8. The smallest absolute Gasteiger partial charge is 0.191 e. The van der Waals surface area contributed by atoms with E-state index in [1.54, 1.807) is 17.8 Å². The van der Waals surface area contributed by atoms with Gasteiger partial charge in [-0.3, -0.25) is 4.68 Å². The van der Waals surface area contributed by atoms with E-state index in [9.17, 15) is 5.11 Å². The third-order valence-electron chi connectivity index (χ3n) is 5.02. The Morgan fingerprint density at radius 2 is 2.08 bits per heavy atom. The average molecular weight is 365 g/mol. The molecule has 26 heavy (non-hydrogen) atoms. The van der Waals surface area contributed by atoms with Crippen LogP contribution < -0.4 is 10.6 Å². The fourth-order valence-corrected chi connectivity index (χ4v) is 3.34. The number of hydrogen-bond acceptors (Lipinski definition) is 4. The Morgan fingerprint density at radius 1 is 1.35 bits per heavy atom. The van der Waals surface area contributed by atoms with Crippen molar-refractivity contribution in [2.75, 3.05) is 39.3 Å². The van der Waals surface area contributed by atoms with Gasteiger partial charge in [0.1, 0.15) is 5.60 Å². The number of piperidine rings is 1. The molecule has 0 aromatic carbocycles. The van der Waals surface area contributed by atoms with Gasteiger partial charge in [-0.05, 0) is 58.7 Å². The van der Waals surface area contributed by atoms with E-state index in [2.05, 4.69) is 39.5 Å². The normalized spacial score (nSPS) is 19.3. The molecule has 1 fully saturated rings. The molecule has 7 heteroatoms. The molecule has 2 heterocycles. The van der Waals surface area contributed by atoms with E-state index in [-0.39, 0.29) is 0 Å². The van der Waals surface area contributed by atoms with Gasteiger partial charge in [0.25, 0.3) is 0 Å². The van der Waals surface area contributed by atoms with Crippen LogP contribution in [-0.4, -0.2) is 65.0 Å². The van der Waals surface area contributed by atoms with E-state index in [0.29, 0.717) is 12.5 Å². The van der Waals surface area contributed by atoms with Crippen LogP contribution in [0.4, 0.5) is 0 Å². The Hall–Kier alpha value is -1.60. The Balaban J connectivity index is 1.85. The van der Waals surface area contributed by atoms with Crippen LogP contribution in [-0.2, 0) is 12.6 Å². The molecule has 1 unspecified atom stereocenters. The first-order valence-corrected chi connectivity index (χ1v) is 9.90. The second-order valence-electron chi connectivity index (χ2n) is 7.54. The van der Waals surface area contributed by atoms with Crippen LogP contribution >= 0.6 is 0 Å². The minimum Gasteiger partial charge on any atom is -0.383 e. The van der Waals surface area contributed by atoms with Gasteiger partial charge in [0.15, 0.2) is 5.96 Å². The highest BCUT2D eigenvalue weighted by Gasteiger charge is 2.25. The Kier molecular flexibility index (Phi) is 7.90. The molecule has 1 saturated heterocycles. The van der Waals surface area contributed by atoms with E-state index in [1.807, 2.05) is 13.2 Å². The highest BCUT2D eigenvalue weighted by molar-refractivity contribution is 5.79. The summed E-state index contributed by atoms with van der Waals surface area (Å²) in [6.07, 6.45) is 7.23. The molecule has 1 aromatic rings. The molecule has 1 aromatic heterocycles. The lowest BCUT2D eigenvalue weighted by Gasteiger charge is -2.32. The van der Waals surface area contributed by atoms with Crippen LogP contribution in [0.5, 0.6) is 0 Å². The molecule has 0 spiro atoms. The first kappa shape index (κ1) is 20.7. The van der Waals surface area contributed by atoms with Crippen molar-refractivity contribution in [3.63, 3.8) is 0 Å². The summed E-state index contributed by atoms with van der Waals surface area (Å²) >= 11 is 0. The Labute approximate surface area is 157 Å². The molecule has 0 bridgehead atoms. The summed E-state index contributed by atoms with van der Waals surface area (Å²) in [7, 11) is 1.85. The van der Waals surface area contributed by atoms with Gasteiger partial charge < -0.3 is 20.6 Å². The average Bonchev–Trinajstić information content (AvgIpc) is 3.06. The molecule has 0 amide bonds. The second-order valence-corrected chi connectivity index (χ2v) is 7.54. The molecule has 0 radical (unpaired) electrons. The number of rotatable bonds is 8. The minimum absolute atomic E-state index is 0.295. The van der Waals surface area contributed by atoms with Crippen LogP contribution in [0.3, 0.4) is 0 Å². The monoisotopic (exact) mass is 364 g/mol. The van der Waals surface area contributed by atoms with Crippen molar-refractivity contribution < 1.29 is 5.11 Å². The number of hydrogen-bond donors (Lipinski definition) is 3. The summed E-state index contributed by atoms with van der Waals surface area (Å²) in [5.74, 6) is 1.46. The van der Waals surface area contributed by atoms with Crippen LogP contribution in [0, 0.1) is 5.92 Å². The number of nitrogens with one attached hydrogen (secondary N) is 2. The van der Waals surface area contributed by atoms with Crippen LogP contribution in [0.15, 0.2) is 17.4 Å². The second kappa shape index (κ2) is 9.92. The first-order chi connectivity index (χ1) is 12.4. The fraction of sp³-hybridized carbons (Fsp3) is 0.789. The topological polar surface area (TPSA) is 77.7 Å². The molecule has 1 aliphatic rings. The fourth-order valence-electron chi connectivity index (χ4n) is 3.34. The maximum atomic E-state index is 10.7. The van der Waals surface area contributed by atoms with Crippen molar-refractivity contribution in [2.45, 2.75) is 45.6 Å². The lowest BCUT2D eigenvalue weighted by Crippen LogP contribution is -2.43. The summed E-state index contributed by atoms with van der Waals surface area (Å²) in [6.45, 7) is 11.7. The predicted octanol–water partition coefficient (Wildman–Crippen LogP) is 1.30. The summed E-state index contributed by atoms with van der Waals surface area (Å²) in [4.78, 5) is 7.15. The number of nitrogens with zero attached hydrogens (tertiary/aromatic N) is 4. The summed E-state index contributed by atoms with van der Waals surface area (Å²) in [5.41, 5.74) is -0.245. The van der Waals surface area contributed by atoms with Crippen molar-refractivity contribution in [1.29, 1.82) is 0 Å². The predicted molar refractivity (Wildman–Crippen MR) is 106 cm³/mol. The first-order valence-electron chi connectivity index (χ1n) is 9.90. The van der Waals surface area contributed by atoms with E-state index in [0.717, 1.165) is 24.6 Å². The Morgan fingerprint density at radius 3 is 2.65 bits per heavy atom. The highest BCUT2D eigenvalue weighted by Crippen LogP contribution is 2.20. The van der Waals surface area contributed by atoms with E-state index >= 15 is 0 Å². The van der Waals surface area contributed by atoms with Gasteiger partial charge in [0.2, 0.25) is 0 Å². The molecule has 7 nitrogen and oxygen atoms in total. The zero-order valence-corrected chi connectivity index (χ0v) is 16.8. The quantitative estimate of drug-likeness (QED) is 0.479. The summed E-state index contributed by atoms with van der Waals surface area (Å²) in [6, 6.07) is 0. The Bertz CT molecular complexity index is 560. The minimum atomic E-state index is -1.03. The standard InChI is InChI=1S/C19H36N6O/c1-5-9-25-10-7-16(8-11-25)12-21-18(20-6-2)22-15-19(3,26)17-13-23-24(4)14-17/h13-14,16,26H,5-12,15H2,1-4H3,(H2,20,21,22). The number of aryl methyl sites for hydroxylation is 1. The number of aliphatic imine (C=N–C) groups is 1. The zero-order chi connectivity index (χ0) is 19.0. The van der Waals surface area contributed by atoms with Gasteiger partial charge in [-0.1, -0.05) is 6.92 Å². The summed E-state index contributed by atoms with van der Waals surface area (Å²) in [5, 5.41) is 21.6. The number of likely N-dealkylation sites (tertiary alicyclic amines) is 1. The largest absolute Gasteiger partial charge is 0.383 e. The van der Waals surface area contributed by atoms with Crippen molar-refractivity contribution in [3.05, 3.63) is 18.0 Å². The molecule has 1 atom stereocenters. The van der Waals surface area contributed by atoms with Gasteiger partial charge >= 0.3 is 0 Å². The maximum absolute atomic E-state index is 10.7. The SMILES string of the molecule is CCCN1CCC(CNC(=NCC(C)(O)c2cnn(C)c2)NCC)CC1. The van der Waals surface area contributed by atoms with Gasteiger partial charge in [0, 0.05) is 31.9 Å². The van der Waals surface area contributed by atoms with Gasteiger partial charge in [0.05, 0.1) is 12.7 Å². The van der Waals surface area contributed by atoms with Crippen LogP contribution in [0.2, 0.25) is 0 Å². The van der Waals surface area contributed by atoms with Crippen molar-refractivity contribution in [1.82, 2.24) is 25.3 Å². The molecular formula is C19H36N6O. The summed E-state index contributed by atoms with van der Waals surface area (Å²) < 4.78 is 1.70. The highest BCUT2D eigenvalue weighted by atomic mass is 16.3. The van der Waals surface area contributed by atoms with Gasteiger partial charge in [-0.15, -0.1) is 0 Å². The molecule has 2 rings (SSSR count). The van der Waals surface area contributed by atoms with Crippen LogP contribution in [0.25, 0.3) is 0 Å². The van der Waals surface area contributed by atoms with Crippen LogP contribution in [0.1, 0.15) is 45.6 Å². The third-order valence-corrected chi connectivity index (χ3v) is 5.02. The molecule has 0 saturated carbocycles. The van der Waals surface area contributed by atoms with Gasteiger partial charge in [-0.25, -0.2) is 4.99 Å². The molecule has 148 valence electrons. The molecular weight excluding hydrogens is 328 g/mol. The number of aromatic nitrogens is 2. The van der Waals surface area contributed by atoms with E-state index in [1.165, 1.54) is 38.9 Å². The van der Waals surface area contributed by atoms with Crippen molar-refractivity contribution in [3.8, 4) is 0 Å². The third kappa shape index (κ3) is 6.29. The molecule has 1 aliphatic heterocycles. The molecule has 3 N–H and O–H groups in total.